The van der Waals surface area contributed by atoms with E-state index in [1.807, 2.05) is 12.1 Å². The molecule has 2 heteroatoms. The lowest BCUT2D eigenvalue weighted by Gasteiger charge is -2.18. The standard InChI is InChI=1S/C21H29NO/c1-15-6-9-18(12-16(15)2)20(22)14-23-19-10-7-17(8-11-19)13-21(3,4)5/h6-12,20H,13-14,22H2,1-5H3. The van der Waals surface area contributed by atoms with Crippen molar-refractivity contribution in [2.75, 3.05) is 6.61 Å². The fourth-order valence-corrected chi connectivity index (χ4v) is 2.59. The number of nitrogens with two attached hydrogens (primary N) is 1. The third kappa shape index (κ3) is 5.40. The van der Waals surface area contributed by atoms with Crippen LogP contribution >= 0.6 is 0 Å². The summed E-state index contributed by atoms with van der Waals surface area (Å²) in [5.41, 5.74) is 11.6. The first-order chi connectivity index (χ1) is 10.7. The second kappa shape index (κ2) is 7.18. The average Bonchev–Trinajstić information content (AvgIpc) is 2.47. The van der Waals surface area contributed by atoms with Crippen molar-refractivity contribution in [3.8, 4) is 5.75 Å². The van der Waals surface area contributed by atoms with E-state index in [4.69, 9.17) is 10.5 Å². The summed E-state index contributed by atoms with van der Waals surface area (Å²) in [5, 5.41) is 0. The van der Waals surface area contributed by atoms with Gasteiger partial charge in [-0.3, -0.25) is 0 Å². The van der Waals surface area contributed by atoms with Crippen LogP contribution in [0.2, 0.25) is 0 Å². The molecule has 2 aromatic rings. The maximum absolute atomic E-state index is 6.25. The molecular formula is C21H29NO. The fraction of sp³-hybridized carbons (Fsp3) is 0.429. The highest BCUT2D eigenvalue weighted by Gasteiger charge is 2.11. The second-order valence-corrected chi connectivity index (χ2v) is 7.64. The minimum Gasteiger partial charge on any atom is -0.492 e. The molecule has 0 bridgehead atoms. The van der Waals surface area contributed by atoms with Crippen molar-refractivity contribution in [2.24, 2.45) is 11.1 Å². The first-order valence-corrected chi connectivity index (χ1v) is 8.29. The highest BCUT2D eigenvalue weighted by atomic mass is 16.5. The van der Waals surface area contributed by atoms with Crippen LogP contribution in [-0.4, -0.2) is 6.61 Å². The lowest BCUT2D eigenvalue weighted by Crippen LogP contribution is -2.19. The van der Waals surface area contributed by atoms with E-state index < -0.39 is 0 Å². The molecule has 0 saturated heterocycles. The van der Waals surface area contributed by atoms with Crippen molar-refractivity contribution >= 4 is 0 Å². The van der Waals surface area contributed by atoms with E-state index in [9.17, 15) is 0 Å². The van der Waals surface area contributed by atoms with Gasteiger partial charge >= 0.3 is 0 Å². The molecule has 124 valence electrons. The Hall–Kier alpha value is -1.80. The van der Waals surface area contributed by atoms with Gasteiger partial charge in [0, 0.05) is 0 Å². The summed E-state index contributed by atoms with van der Waals surface area (Å²) in [4.78, 5) is 0. The minimum absolute atomic E-state index is 0.108. The van der Waals surface area contributed by atoms with Gasteiger partial charge in [-0.2, -0.15) is 0 Å². The van der Waals surface area contributed by atoms with E-state index in [2.05, 4.69) is 65.0 Å². The van der Waals surface area contributed by atoms with Gasteiger partial charge < -0.3 is 10.5 Å². The molecule has 23 heavy (non-hydrogen) atoms. The van der Waals surface area contributed by atoms with Crippen molar-refractivity contribution in [1.82, 2.24) is 0 Å². The summed E-state index contributed by atoms with van der Waals surface area (Å²) in [5.74, 6) is 0.877. The third-order valence-electron chi connectivity index (χ3n) is 4.05. The fourth-order valence-electron chi connectivity index (χ4n) is 2.59. The van der Waals surface area contributed by atoms with Crippen molar-refractivity contribution in [3.05, 3.63) is 64.7 Å². The van der Waals surface area contributed by atoms with Gasteiger partial charge in [0.05, 0.1) is 6.04 Å². The first-order valence-electron chi connectivity index (χ1n) is 8.29. The van der Waals surface area contributed by atoms with Crippen LogP contribution in [0.3, 0.4) is 0 Å². The molecule has 2 N–H and O–H groups in total. The minimum atomic E-state index is -0.108. The lowest BCUT2D eigenvalue weighted by atomic mass is 9.88. The molecule has 0 spiro atoms. The van der Waals surface area contributed by atoms with Crippen LogP contribution in [0.1, 0.15) is 49.1 Å². The molecule has 2 nitrogen and oxygen atoms in total. The first kappa shape index (κ1) is 17.6. The van der Waals surface area contributed by atoms with Crippen LogP contribution in [0.15, 0.2) is 42.5 Å². The molecule has 0 aromatic heterocycles. The molecule has 0 radical (unpaired) electrons. The molecule has 0 aliphatic rings. The Balaban J connectivity index is 1.93. The van der Waals surface area contributed by atoms with E-state index in [-0.39, 0.29) is 6.04 Å². The Bertz CT molecular complexity index is 638. The zero-order valence-corrected chi connectivity index (χ0v) is 15.0. The molecule has 2 rings (SSSR count). The van der Waals surface area contributed by atoms with Crippen molar-refractivity contribution in [3.63, 3.8) is 0 Å². The summed E-state index contributed by atoms with van der Waals surface area (Å²) in [6.45, 7) is 11.5. The van der Waals surface area contributed by atoms with E-state index in [0.29, 0.717) is 12.0 Å². The van der Waals surface area contributed by atoms with Crippen LogP contribution in [-0.2, 0) is 6.42 Å². The van der Waals surface area contributed by atoms with Gasteiger partial charge in [0.2, 0.25) is 0 Å². The summed E-state index contributed by atoms with van der Waals surface area (Å²) in [6, 6.07) is 14.6. The van der Waals surface area contributed by atoms with E-state index in [1.165, 1.54) is 16.7 Å². The maximum atomic E-state index is 6.25. The quantitative estimate of drug-likeness (QED) is 0.846. The van der Waals surface area contributed by atoms with Crippen molar-refractivity contribution < 1.29 is 4.74 Å². The number of hydrogen-bond donors (Lipinski definition) is 1. The molecule has 2 aromatic carbocycles. The van der Waals surface area contributed by atoms with Gasteiger partial charge in [-0.25, -0.2) is 0 Å². The Morgan fingerprint density at radius 1 is 0.957 bits per heavy atom. The monoisotopic (exact) mass is 311 g/mol. The third-order valence-corrected chi connectivity index (χ3v) is 4.05. The summed E-state index contributed by atoms with van der Waals surface area (Å²) >= 11 is 0. The average molecular weight is 311 g/mol. The molecule has 0 saturated carbocycles. The predicted octanol–water partition coefficient (Wildman–Crippen LogP) is 4.97. The van der Waals surface area contributed by atoms with Crippen LogP contribution in [0.4, 0.5) is 0 Å². The normalized spacial score (nSPS) is 13.0. The maximum Gasteiger partial charge on any atom is 0.119 e. The number of ether oxygens (including phenoxy) is 1. The Morgan fingerprint density at radius 3 is 2.17 bits per heavy atom. The number of rotatable bonds is 5. The molecule has 1 unspecified atom stereocenters. The zero-order chi connectivity index (χ0) is 17.0. The lowest BCUT2D eigenvalue weighted by molar-refractivity contribution is 0.290. The Morgan fingerprint density at radius 2 is 1.61 bits per heavy atom. The van der Waals surface area contributed by atoms with Gasteiger partial charge in [-0.05, 0) is 60.1 Å². The molecule has 0 heterocycles. The van der Waals surface area contributed by atoms with Gasteiger partial charge in [-0.15, -0.1) is 0 Å². The number of hydrogen-bond acceptors (Lipinski definition) is 2. The number of aryl methyl sites for hydroxylation is 2. The predicted molar refractivity (Wildman–Crippen MR) is 97.9 cm³/mol. The summed E-state index contributed by atoms with van der Waals surface area (Å²) in [7, 11) is 0. The molecule has 1 atom stereocenters. The van der Waals surface area contributed by atoms with Crippen molar-refractivity contribution in [2.45, 2.75) is 47.1 Å². The van der Waals surface area contributed by atoms with Gasteiger partial charge in [0.15, 0.2) is 0 Å². The van der Waals surface area contributed by atoms with Crippen LogP contribution in [0, 0.1) is 19.3 Å². The summed E-state index contributed by atoms with van der Waals surface area (Å²) < 4.78 is 5.85. The van der Waals surface area contributed by atoms with E-state index in [0.717, 1.165) is 17.7 Å². The Kier molecular flexibility index (Phi) is 5.48. The largest absolute Gasteiger partial charge is 0.492 e. The van der Waals surface area contributed by atoms with Gasteiger partial charge in [0.25, 0.3) is 0 Å². The highest BCUT2D eigenvalue weighted by molar-refractivity contribution is 5.32. The molecule has 0 aliphatic carbocycles. The van der Waals surface area contributed by atoms with Gasteiger partial charge in [0.1, 0.15) is 12.4 Å². The molecule has 0 amide bonds. The number of benzene rings is 2. The van der Waals surface area contributed by atoms with Crippen LogP contribution in [0.5, 0.6) is 5.75 Å². The molecule has 0 aliphatic heterocycles. The topological polar surface area (TPSA) is 35.2 Å². The van der Waals surface area contributed by atoms with Crippen LogP contribution < -0.4 is 10.5 Å². The molecule has 0 fully saturated rings. The van der Waals surface area contributed by atoms with E-state index in [1.54, 1.807) is 0 Å². The van der Waals surface area contributed by atoms with E-state index >= 15 is 0 Å². The molecular weight excluding hydrogens is 282 g/mol. The van der Waals surface area contributed by atoms with Gasteiger partial charge in [-0.1, -0.05) is 51.1 Å². The zero-order valence-electron chi connectivity index (χ0n) is 15.0. The highest BCUT2D eigenvalue weighted by Crippen LogP contribution is 2.23. The van der Waals surface area contributed by atoms with Crippen LogP contribution in [0.25, 0.3) is 0 Å². The SMILES string of the molecule is Cc1ccc(C(N)COc2ccc(CC(C)(C)C)cc2)cc1C. The summed E-state index contributed by atoms with van der Waals surface area (Å²) in [6.07, 6.45) is 1.06. The van der Waals surface area contributed by atoms with Crippen molar-refractivity contribution in [1.29, 1.82) is 0 Å². The second-order valence-electron chi connectivity index (χ2n) is 7.64. The smallest absolute Gasteiger partial charge is 0.119 e. The Labute approximate surface area is 140 Å².